The second kappa shape index (κ2) is 8.76. The highest BCUT2D eigenvalue weighted by Gasteiger charge is 2.00. The third kappa shape index (κ3) is 5.03. The van der Waals surface area contributed by atoms with E-state index in [1.807, 2.05) is 13.8 Å². The van der Waals surface area contributed by atoms with E-state index in [9.17, 15) is 0 Å². The summed E-state index contributed by atoms with van der Waals surface area (Å²) >= 11 is 0. The molecule has 1 atom stereocenters. The predicted molar refractivity (Wildman–Crippen MR) is 64.5 cm³/mol. The zero-order chi connectivity index (χ0) is 10.8. The first-order chi connectivity index (χ1) is 6.84. The van der Waals surface area contributed by atoms with Crippen LogP contribution in [0.5, 0.6) is 0 Å². The van der Waals surface area contributed by atoms with Gasteiger partial charge < -0.3 is 5.32 Å². The van der Waals surface area contributed by atoms with Crippen molar-refractivity contribution in [1.29, 1.82) is 0 Å². The van der Waals surface area contributed by atoms with Gasteiger partial charge in [0, 0.05) is 6.04 Å². The van der Waals surface area contributed by atoms with Crippen LogP contribution >= 0.6 is 0 Å². The summed E-state index contributed by atoms with van der Waals surface area (Å²) in [5.74, 6) is 0. The molecule has 0 aliphatic rings. The van der Waals surface area contributed by atoms with Gasteiger partial charge in [-0.3, -0.25) is 0 Å². The summed E-state index contributed by atoms with van der Waals surface area (Å²) in [6.45, 7) is 9.48. The van der Waals surface area contributed by atoms with Crippen molar-refractivity contribution in [3.63, 3.8) is 0 Å². The monoisotopic (exact) mass is 193 g/mol. The summed E-state index contributed by atoms with van der Waals surface area (Å²) < 4.78 is 0. The zero-order valence-electron chi connectivity index (χ0n) is 9.88. The second-order valence-corrected chi connectivity index (χ2v) is 3.09. The summed E-state index contributed by atoms with van der Waals surface area (Å²) in [6.07, 6.45) is 1.19. The van der Waals surface area contributed by atoms with E-state index < -0.39 is 0 Å². The lowest BCUT2D eigenvalue weighted by molar-refractivity contribution is 0.571. The second-order valence-electron chi connectivity index (χ2n) is 3.09. The van der Waals surface area contributed by atoms with Crippen LogP contribution in [-0.4, -0.2) is 6.54 Å². The molecule has 0 radical (unpaired) electrons. The smallest absolute Gasteiger partial charge is 0.0291 e. The molecule has 0 saturated heterocycles. The quantitative estimate of drug-likeness (QED) is 0.767. The largest absolute Gasteiger partial charge is 0.310 e. The van der Waals surface area contributed by atoms with E-state index in [2.05, 4.69) is 49.5 Å². The Morgan fingerprint density at radius 3 is 2.21 bits per heavy atom. The van der Waals surface area contributed by atoms with E-state index in [0.717, 1.165) is 6.54 Å². The van der Waals surface area contributed by atoms with Gasteiger partial charge in [0.05, 0.1) is 0 Å². The average Bonchev–Trinajstić information content (AvgIpc) is 2.30. The Balaban J connectivity index is 0.000000791. The lowest BCUT2D eigenvalue weighted by Crippen LogP contribution is -2.18. The van der Waals surface area contributed by atoms with Gasteiger partial charge in [0.1, 0.15) is 0 Å². The molecule has 0 spiro atoms. The van der Waals surface area contributed by atoms with Gasteiger partial charge >= 0.3 is 0 Å². The van der Waals surface area contributed by atoms with Gasteiger partial charge in [0.2, 0.25) is 0 Å². The fourth-order valence-electron chi connectivity index (χ4n) is 1.22. The molecule has 0 bridgehead atoms. The van der Waals surface area contributed by atoms with Crippen molar-refractivity contribution in [1.82, 2.24) is 5.32 Å². The molecule has 1 rings (SSSR count). The molecule has 0 saturated carbocycles. The zero-order valence-corrected chi connectivity index (χ0v) is 9.88. The van der Waals surface area contributed by atoms with Gasteiger partial charge in [0.15, 0.2) is 0 Å². The van der Waals surface area contributed by atoms with Crippen LogP contribution in [0.25, 0.3) is 0 Å². The number of hydrogen-bond acceptors (Lipinski definition) is 1. The molecule has 1 unspecified atom stereocenters. The molecule has 0 amide bonds. The number of benzene rings is 1. The molecule has 1 aromatic rings. The fraction of sp³-hybridized carbons (Fsp3) is 0.538. The third-order valence-electron chi connectivity index (χ3n) is 2.00. The van der Waals surface area contributed by atoms with Crippen molar-refractivity contribution >= 4 is 0 Å². The summed E-state index contributed by atoms with van der Waals surface area (Å²) in [4.78, 5) is 0. The third-order valence-corrected chi connectivity index (χ3v) is 2.00. The average molecular weight is 193 g/mol. The highest BCUT2D eigenvalue weighted by molar-refractivity contribution is 5.17. The highest BCUT2D eigenvalue weighted by atomic mass is 14.9. The standard InChI is InChI=1S/C11H17N.C2H6/c1-3-9-12-10(2)11-7-5-4-6-8-11;1-2/h4-8,10,12H,3,9H2,1-2H3;1-2H3. The normalized spacial score (nSPS) is 11.4. The van der Waals surface area contributed by atoms with Crippen LogP contribution in [0.4, 0.5) is 0 Å². The minimum atomic E-state index is 0.478. The molecule has 1 nitrogen and oxygen atoms in total. The van der Waals surface area contributed by atoms with Crippen molar-refractivity contribution in [3.05, 3.63) is 35.9 Å². The summed E-state index contributed by atoms with van der Waals surface area (Å²) in [5.41, 5.74) is 1.37. The Kier molecular flexibility index (Phi) is 8.25. The maximum atomic E-state index is 3.45. The molecule has 1 aromatic carbocycles. The van der Waals surface area contributed by atoms with Crippen molar-refractivity contribution in [2.24, 2.45) is 0 Å². The Bertz CT molecular complexity index is 206. The molecule has 0 heterocycles. The van der Waals surface area contributed by atoms with Crippen LogP contribution in [0.3, 0.4) is 0 Å². The molecule has 0 aliphatic carbocycles. The first-order valence-electron chi connectivity index (χ1n) is 5.63. The van der Waals surface area contributed by atoms with Crippen molar-refractivity contribution in [2.75, 3.05) is 6.54 Å². The van der Waals surface area contributed by atoms with E-state index in [0.29, 0.717) is 6.04 Å². The first-order valence-corrected chi connectivity index (χ1v) is 5.63. The maximum Gasteiger partial charge on any atom is 0.0291 e. The topological polar surface area (TPSA) is 12.0 Å². The molecule has 0 fully saturated rings. The van der Waals surface area contributed by atoms with E-state index in [1.54, 1.807) is 0 Å². The van der Waals surface area contributed by atoms with E-state index >= 15 is 0 Å². The van der Waals surface area contributed by atoms with Crippen LogP contribution in [0.1, 0.15) is 45.7 Å². The van der Waals surface area contributed by atoms with Crippen molar-refractivity contribution in [2.45, 2.75) is 40.2 Å². The molecular formula is C13H23N. The minimum absolute atomic E-state index is 0.478. The lowest BCUT2D eigenvalue weighted by atomic mass is 10.1. The SMILES string of the molecule is CC.CCCNC(C)c1ccccc1. The molecule has 14 heavy (non-hydrogen) atoms. The molecule has 1 N–H and O–H groups in total. The van der Waals surface area contributed by atoms with Gasteiger partial charge in [-0.1, -0.05) is 51.1 Å². The maximum absolute atomic E-state index is 3.45. The fourth-order valence-corrected chi connectivity index (χ4v) is 1.22. The van der Waals surface area contributed by atoms with Crippen molar-refractivity contribution in [3.8, 4) is 0 Å². The Morgan fingerprint density at radius 1 is 1.14 bits per heavy atom. The molecule has 1 heteroatoms. The van der Waals surface area contributed by atoms with E-state index in [1.165, 1.54) is 12.0 Å². The molecule has 0 aromatic heterocycles. The summed E-state index contributed by atoms with van der Waals surface area (Å²) in [6, 6.07) is 11.0. The number of hydrogen-bond donors (Lipinski definition) is 1. The lowest BCUT2D eigenvalue weighted by Gasteiger charge is -2.12. The van der Waals surface area contributed by atoms with Gasteiger partial charge in [-0.05, 0) is 25.5 Å². The van der Waals surface area contributed by atoms with E-state index in [4.69, 9.17) is 0 Å². The van der Waals surface area contributed by atoms with Gasteiger partial charge in [-0.2, -0.15) is 0 Å². The predicted octanol–water partition coefficient (Wildman–Crippen LogP) is 3.77. The molecular weight excluding hydrogens is 170 g/mol. The Hall–Kier alpha value is -0.820. The van der Waals surface area contributed by atoms with Crippen LogP contribution in [-0.2, 0) is 0 Å². The van der Waals surface area contributed by atoms with Crippen LogP contribution in [0, 0.1) is 0 Å². The summed E-state index contributed by atoms with van der Waals surface area (Å²) in [5, 5.41) is 3.45. The van der Waals surface area contributed by atoms with Gasteiger partial charge in [0.25, 0.3) is 0 Å². The number of nitrogens with one attached hydrogen (secondary N) is 1. The number of rotatable bonds is 4. The van der Waals surface area contributed by atoms with E-state index in [-0.39, 0.29) is 0 Å². The van der Waals surface area contributed by atoms with Crippen LogP contribution < -0.4 is 5.32 Å². The van der Waals surface area contributed by atoms with Crippen LogP contribution in [0.2, 0.25) is 0 Å². The highest BCUT2D eigenvalue weighted by Crippen LogP contribution is 2.10. The van der Waals surface area contributed by atoms with Gasteiger partial charge in [-0.15, -0.1) is 0 Å². The van der Waals surface area contributed by atoms with Gasteiger partial charge in [-0.25, -0.2) is 0 Å². The summed E-state index contributed by atoms with van der Waals surface area (Å²) in [7, 11) is 0. The molecule has 80 valence electrons. The first kappa shape index (κ1) is 13.2. The molecule has 0 aliphatic heterocycles. The Labute approximate surface area is 88.5 Å². The Morgan fingerprint density at radius 2 is 1.71 bits per heavy atom. The van der Waals surface area contributed by atoms with Crippen LogP contribution in [0.15, 0.2) is 30.3 Å². The minimum Gasteiger partial charge on any atom is -0.310 e. The van der Waals surface area contributed by atoms with Crippen molar-refractivity contribution < 1.29 is 0 Å².